The molecule has 120 valence electrons. The van der Waals surface area contributed by atoms with Gasteiger partial charge in [0.2, 0.25) is 11.8 Å². The van der Waals surface area contributed by atoms with Crippen molar-refractivity contribution in [3.63, 3.8) is 0 Å². The second kappa shape index (κ2) is 7.27. The van der Waals surface area contributed by atoms with E-state index in [1.165, 1.54) is 11.1 Å². The van der Waals surface area contributed by atoms with E-state index in [1.807, 2.05) is 19.1 Å². The Bertz CT molecular complexity index is 685. The summed E-state index contributed by atoms with van der Waals surface area (Å²) in [5.74, 6) is 1.02. The molecule has 4 heteroatoms. The number of amides is 1. The van der Waals surface area contributed by atoms with Gasteiger partial charge in [0.1, 0.15) is 0 Å². The average molecular weight is 310 g/mol. The Morgan fingerprint density at radius 1 is 1.30 bits per heavy atom. The minimum absolute atomic E-state index is 0.0815. The summed E-state index contributed by atoms with van der Waals surface area (Å²) in [4.78, 5) is 16.5. The molecule has 1 aliphatic rings. The van der Waals surface area contributed by atoms with Crippen LogP contribution in [-0.2, 0) is 17.8 Å². The molecule has 0 radical (unpaired) electrons. The molecule has 0 saturated carbocycles. The lowest BCUT2D eigenvalue weighted by Crippen LogP contribution is -2.24. The molecule has 0 fully saturated rings. The number of aryl methyl sites for hydroxylation is 1. The maximum Gasteiger partial charge on any atom is 0.220 e. The molecule has 23 heavy (non-hydrogen) atoms. The fourth-order valence-corrected chi connectivity index (χ4v) is 3.17. The van der Waals surface area contributed by atoms with Crippen LogP contribution < -0.4 is 10.1 Å². The summed E-state index contributed by atoms with van der Waals surface area (Å²) in [5.41, 5.74) is 3.63. The lowest BCUT2D eigenvalue weighted by atomic mass is 9.97. The number of carbonyl (C=O) groups excluding carboxylic acids is 1. The second-order valence-electron chi connectivity index (χ2n) is 5.82. The molecule has 0 spiro atoms. The SMILES string of the molecule is CCOc1ncccc1CNC(=O)C[C@@H]1CCc2ccccc21. The predicted molar refractivity (Wildman–Crippen MR) is 89.4 cm³/mol. The Morgan fingerprint density at radius 3 is 3.04 bits per heavy atom. The Morgan fingerprint density at radius 2 is 2.17 bits per heavy atom. The van der Waals surface area contributed by atoms with E-state index in [9.17, 15) is 4.79 Å². The van der Waals surface area contributed by atoms with Gasteiger partial charge in [-0.3, -0.25) is 4.79 Å². The summed E-state index contributed by atoms with van der Waals surface area (Å²) in [6, 6.07) is 12.2. The Labute approximate surface area is 136 Å². The van der Waals surface area contributed by atoms with Gasteiger partial charge < -0.3 is 10.1 Å². The van der Waals surface area contributed by atoms with Gasteiger partial charge >= 0.3 is 0 Å². The third kappa shape index (κ3) is 3.70. The van der Waals surface area contributed by atoms with Gasteiger partial charge in [0, 0.05) is 24.7 Å². The monoisotopic (exact) mass is 310 g/mol. The summed E-state index contributed by atoms with van der Waals surface area (Å²) >= 11 is 0. The smallest absolute Gasteiger partial charge is 0.220 e. The van der Waals surface area contributed by atoms with E-state index in [4.69, 9.17) is 4.74 Å². The van der Waals surface area contributed by atoms with Gasteiger partial charge in [0.15, 0.2) is 0 Å². The van der Waals surface area contributed by atoms with Crippen LogP contribution in [0.2, 0.25) is 0 Å². The highest BCUT2D eigenvalue weighted by Gasteiger charge is 2.24. The Kier molecular flexibility index (Phi) is 4.91. The highest BCUT2D eigenvalue weighted by atomic mass is 16.5. The quantitative estimate of drug-likeness (QED) is 0.891. The molecule has 1 heterocycles. The van der Waals surface area contributed by atoms with Crippen molar-refractivity contribution in [1.82, 2.24) is 10.3 Å². The van der Waals surface area contributed by atoms with Gasteiger partial charge in [-0.05, 0) is 42.9 Å². The number of hydrogen-bond acceptors (Lipinski definition) is 3. The molecule has 0 aliphatic heterocycles. The normalized spacial score (nSPS) is 16.0. The van der Waals surface area contributed by atoms with Gasteiger partial charge in [-0.25, -0.2) is 4.98 Å². The molecule has 1 atom stereocenters. The Hall–Kier alpha value is -2.36. The van der Waals surface area contributed by atoms with Gasteiger partial charge in [-0.15, -0.1) is 0 Å². The molecule has 1 aliphatic carbocycles. The first-order chi connectivity index (χ1) is 11.3. The van der Waals surface area contributed by atoms with Gasteiger partial charge in [0.25, 0.3) is 0 Å². The number of pyridine rings is 1. The zero-order valence-electron chi connectivity index (χ0n) is 13.4. The largest absolute Gasteiger partial charge is 0.478 e. The number of nitrogens with one attached hydrogen (secondary N) is 1. The highest BCUT2D eigenvalue weighted by molar-refractivity contribution is 5.77. The van der Waals surface area contributed by atoms with Crippen LogP contribution >= 0.6 is 0 Å². The minimum atomic E-state index is 0.0815. The lowest BCUT2D eigenvalue weighted by Gasteiger charge is -2.13. The fraction of sp³-hybridized carbons (Fsp3) is 0.368. The molecule has 1 aromatic heterocycles. The lowest BCUT2D eigenvalue weighted by molar-refractivity contribution is -0.121. The second-order valence-corrected chi connectivity index (χ2v) is 5.82. The first-order valence-corrected chi connectivity index (χ1v) is 8.19. The zero-order valence-corrected chi connectivity index (χ0v) is 13.4. The van der Waals surface area contributed by atoms with Crippen LogP contribution in [0.3, 0.4) is 0 Å². The standard InChI is InChI=1S/C19H22N2O2/c1-2-23-19-16(7-5-11-20-19)13-21-18(22)12-15-10-9-14-6-3-4-8-17(14)15/h3-8,11,15H,2,9-10,12-13H2,1H3,(H,21,22)/t15-/m0/s1. The van der Waals surface area contributed by atoms with Crippen LogP contribution in [-0.4, -0.2) is 17.5 Å². The van der Waals surface area contributed by atoms with Crippen LogP contribution in [0, 0.1) is 0 Å². The van der Waals surface area contributed by atoms with Crippen molar-refractivity contribution in [3.8, 4) is 5.88 Å². The first-order valence-electron chi connectivity index (χ1n) is 8.19. The van der Waals surface area contributed by atoms with Gasteiger partial charge in [-0.1, -0.05) is 30.3 Å². The Balaban J connectivity index is 1.57. The molecule has 1 N–H and O–H groups in total. The van der Waals surface area contributed by atoms with E-state index < -0.39 is 0 Å². The zero-order chi connectivity index (χ0) is 16.1. The molecule has 1 aromatic carbocycles. The molecular formula is C19H22N2O2. The summed E-state index contributed by atoms with van der Waals surface area (Å²) < 4.78 is 5.49. The van der Waals surface area contributed by atoms with Crippen LogP contribution in [0.4, 0.5) is 0 Å². The molecule has 4 nitrogen and oxygen atoms in total. The van der Waals surface area contributed by atoms with Crippen molar-refractivity contribution in [2.45, 2.75) is 38.6 Å². The third-order valence-electron chi connectivity index (χ3n) is 4.30. The molecule has 1 amide bonds. The van der Waals surface area contributed by atoms with Crippen molar-refractivity contribution in [3.05, 3.63) is 59.3 Å². The summed E-state index contributed by atoms with van der Waals surface area (Å²) in [7, 11) is 0. The van der Waals surface area contributed by atoms with Crippen molar-refractivity contribution >= 4 is 5.91 Å². The van der Waals surface area contributed by atoms with Crippen LogP contribution in [0.15, 0.2) is 42.6 Å². The van der Waals surface area contributed by atoms with E-state index in [0.717, 1.165) is 18.4 Å². The van der Waals surface area contributed by atoms with E-state index in [1.54, 1.807) is 6.20 Å². The van der Waals surface area contributed by atoms with Crippen molar-refractivity contribution in [1.29, 1.82) is 0 Å². The number of nitrogens with zero attached hydrogens (tertiary/aromatic N) is 1. The van der Waals surface area contributed by atoms with Crippen molar-refractivity contribution in [2.24, 2.45) is 0 Å². The molecule has 2 aromatic rings. The maximum atomic E-state index is 12.3. The minimum Gasteiger partial charge on any atom is -0.478 e. The van der Waals surface area contributed by atoms with Gasteiger partial charge in [-0.2, -0.15) is 0 Å². The van der Waals surface area contributed by atoms with Gasteiger partial charge in [0.05, 0.1) is 6.61 Å². The average Bonchev–Trinajstić information content (AvgIpc) is 2.98. The number of rotatable bonds is 6. The number of carbonyl (C=O) groups is 1. The number of benzene rings is 1. The number of fused-ring (bicyclic) bond motifs is 1. The van der Waals surface area contributed by atoms with E-state index in [-0.39, 0.29) is 5.91 Å². The number of ether oxygens (including phenoxy) is 1. The van der Waals surface area contributed by atoms with E-state index >= 15 is 0 Å². The summed E-state index contributed by atoms with van der Waals surface area (Å²) in [6.45, 7) is 2.95. The molecule has 3 rings (SSSR count). The van der Waals surface area contributed by atoms with Crippen molar-refractivity contribution in [2.75, 3.05) is 6.61 Å². The number of aromatic nitrogens is 1. The molecule has 0 unspecified atom stereocenters. The first kappa shape index (κ1) is 15.5. The van der Waals surface area contributed by atoms with Crippen molar-refractivity contribution < 1.29 is 9.53 Å². The molecule has 0 bridgehead atoms. The van der Waals surface area contributed by atoms with E-state index in [0.29, 0.717) is 31.4 Å². The van der Waals surface area contributed by atoms with Crippen LogP contribution in [0.5, 0.6) is 5.88 Å². The fourth-order valence-electron chi connectivity index (χ4n) is 3.17. The summed E-state index contributed by atoms with van der Waals surface area (Å²) in [6.07, 6.45) is 4.38. The van der Waals surface area contributed by atoms with Crippen LogP contribution in [0.25, 0.3) is 0 Å². The summed E-state index contributed by atoms with van der Waals surface area (Å²) in [5, 5.41) is 3.00. The highest BCUT2D eigenvalue weighted by Crippen LogP contribution is 2.35. The topological polar surface area (TPSA) is 51.2 Å². The third-order valence-corrected chi connectivity index (χ3v) is 4.30. The predicted octanol–water partition coefficient (Wildman–Crippen LogP) is 3.22. The molecular weight excluding hydrogens is 288 g/mol. The number of hydrogen-bond donors (Lipinski definition) is 1. The maximum absolute atomic E-state index is 12.3. The van der Waals surface area contributed by atoms with E-state index in [2.05, 4.69) is 34.6 Å². The molecule has 0 saturated heterocycles. The van der Waals surface area contributed by atoms with Crippen LogP contribution in [0.1, 0.15) is 42.4 Å².